The third-order valence-electron chi connectivity index (χ3n) is 4.63. The highest BCUT2D eigenvalue weighted by molar-refractivity contribution is 5.95. The number of carbonyl (C=O) groups is 1. The number of hydrogen-bond donors (Lipinski definition) is 1. The van der Waals surface area contributed by atoms with E-state index in [9.17, 15) is 9.90 Å². The zero-order valence-electron chi connectivity index (χ0n) is 15.8. The fourth-order valence-corrected chi connectivity index (χ4v) is 3.15. The third kappa shape index (κ3) is 6.29. The van der Waals surface area contributed by atoms with Gasteiger partial charge < -0.3 is 14.6 Å². The number of carboxylic acids is 1. The van der Waals surface area contributed by atoms with Crippen LogP contribution in [0.4, 0.5) is 0 Å². The Morgan fingerprint density at radius 2 is 1.65 bits per heavy atom. The summed E-state index contributed by atoms with van der Waals surface area (Å²) in [5.41, 5.74) is 0.601. The van der Waals surface area contributed by atoms with Crippen molar-refractivity contribution in [2.75, 3.05) is 6.79 Å². The number of benzene rings is 1. The van der Waals surface area contributed by atoms with Crippen LogP contribution in [0.1, 0.15) is 93.5 Å². The van der Waals surface area contributed by atoms with Crippen molar-refractivity contribution >= 4 is 5.97 Å². The average molecular weight is 358 g/mol. The van der Waals surface area contributed by atoms with Gasteiger partial charge in [0.1, 0.15) is 5.56 Å². The predicted molar refractivity (Wildman–Crippen MR) is 103 cm³/mol. The van der Waals surface area contributed by atoms with Crippen LogP contribution in [0.5, 0.6) is 11.5 Å². The molecular weight excluding hydrogens is 328 g/mol. The molecule has 0 bridgehead atoms. The molecule has 0 unspecified atom stereocenters. The lowest BCUT2D eigenvalue weighted by Crippen LogP contribution is -2.02. The minimum Gasteiger partial charge on any atom is -0.478 e. The molecular formula is C22H30O4. The van der Waals surface area contributed by atoms with Crippen LogP contribution in [-0.2, 0) is 0 Å². The Hall–Kier alpha value is -2.15. The van der Waals surface area contributed by atoms with E-state index in [1.54, 1.807) is 12.1 Å². The van der Waals surface area contributed by atoms with Crippen molar-refractivity contribution in [3.63, 3.8) is 0 Å². The molecule has 0 radical (unpaired) electrons. The summed E-state index contributed by atoms with van der Waals surface area (Å²) in [5, 5.41) is 9.42. The standard InChI is InChI=1S/C22H30O4/c1-2-3-4-5-6-7-8-9-10-11-12-13-14-18-15-16-19-21(26-17-25-19)20(18)22(23)24/h15-16H,2-12,17H2,1H3,(H,23,24). The van der Waals surface area contributed by atoms with E-state index in [0.29, 0.717) is 17.1 Å². The normalized spacial score (nSPS) is 11.9. The molecule has 26 heavy (non-hydrogen) atoms. The highest BCUT2D eigenvalue weighted by atomic mass is 16.7. The molecule has 0 atom stereocenters. The lowest BCUT2D eigenvalue weighted by molar-refractivity contribution is 0.0692. The Bertz CT molecular complexity index is 640. The van der Waals surface area contributed by atoms with Crippen molar-refractivity contribution in [1.82, 2.24) is 0 Å². The van der Waals surface area contributed by atoms with Gasteiger partial charge in [-0.1, -0.05) is 76.6 Å². The second-order valence-corrected chi connectivity index (χ2v) is 6.76. The maximum absolute atomic E-state index is 11.5. The Kier molecular flexibility index (Phi) is 8.89. The lowest BCUT2D eigenvalue weighted by atomic mass is 10.0. The second-order valence-electron chi connectivity index (χ2n) is 6.76. The van der Waals surface area contributed by atoms with Crippen LogP contribution in [0, 0.1) is 11.8 Å². The van der Waals surface area contributed by atoms with Crippen molar-refractivity contribution in [2.24, 2.45) is 0 Å². The van der Waals surface area contributed by atoms with Crippen molar-refractivity contribution in [3.05, 3.63) is 23.3 Å². The summed E-state index contributed by atoms with van der Waals surface area (Å²) in [5.74, 6) is 5.83. The van der Waals surface area contributed by atoms with Gasteiger partial charge in [-0.15, -0.1) is 0 Å². The summed E-state index contributed by atoms with van der Waals surface area (Å²) in [6.07, 6.45) is 13.8. The molecule has 1 heterocycles. The largest absolute Gasteiger partial charge is 0.478 e. The SMILES string of the molecule is CCCCCCCCCCCCC#Cc1ccc2c(c1C(=O)O)OCO2. The molecule has 0 aromatic heterocycles. The maximum atomic E-state index is 11.5. The molecule has 0 saturated carbocycles. The summed E-state index contributed by atoms with van der Waals surface area (Å²) >= 11 is 0. The number of hydrogen-bond acceptors (Lipinski definition) is 3. The summed E-state index contributed by atoms with van der Waals surface area (Å²) in [4.78, 5) is 11.5. The Balaban J connectivity index is 1.67. The number of carboxylic acid groups (broad SMARTS) is 1. The minimum absolute atomic E-state index is 0.0606. The molecule has 0 amide bonds. The second kappa shape index (κ2) is 11.5. The molecule has 1 aromatic carbocycles. The number of unbranched alkanes of at least 4 members (excludes halogenated alkanes) is 10. The van der Waals surface area contributed by atoms with Crippen LogP contribution in [0.2, 0.25) is 0 Å². The van der Waals surface area contributed by atoms with Crippen LogP contribution in [-0.4, -0.2) is 17.9 Å². The first-order chi connectivity index (χ1) is 12.7. The van der Waals surface area contributed by atoms with Crippen LogP contribution >= 0.6 is 0 Å². The summed E-state index contributed by atoms with van der Waals surface area (Å²) in [6.45, 7) is 2.31. The number of rotatable bonds is 11. The molecule has 0 spiro atoms. The Morgan fingerprint density at radius 3 is 2.31 bits per heavy atom. The lowest BCUT2D eigenvalue weighted by Gasteiger charge is -2.03. The summed E-state index contributed by atoms with van der Waals surface area (Å²) in [6, 6.07) is 3.42. The summed E-state index contributed by atoms with van der Waals surface area (Å²) < 4.78 is 10.5. The number of aromatic carboxylic acids is 1. The van der Waals surface area contributed by atoms with Gasteiger partial charge in [-0.25, -0.2) is 4.79 Å². The van der Waals surface area contributed by atoms with Gasteiger partial charge in [-0.3, -0.25) is 0 Å². The van der Waals surface area contributed by atoms with Gasteiger partial charge in [0.15, 0.2) is 11.5 Å². The minimum atomic E-state index is -1.03. The molecule has 0 saturated heterocycles. The van der Waals surface area contributed by atoms with E-state index in [-0.39, 0.29) is 12.4 Å². The predicted octanol–water partition coefficient (Wildman–Crippen LogP) is 5.78. The molecule has 1 aliphatic rings. The van der Waals surface area contributed by atoms with Gasteiger partial charge in [0.2, 0.25) is 6.79 Å². The van der Waals surface area contributed by atoms with Gasteiger partial charge >= 0.3 is 5.97 Å². The van der Waals surface area contributed by atoms with Crippen LogP contribution in [0.15, 0.2) is 12.1 Å². The van der Waals surface area contributed by atoms with E-state index in [1.807, 2.05) is 0 Å². The first-order valence-corrected chi connectivity index (χ1v) is 9.88. The smallest absolute Gasteiger partial charge is 0.340 e. The van der Waals surface area contributed by atoms with Crippen molar-refractivity contribution in [3.8, 4) is 23.3 Å². The molecule has 1 aliphatic heterocycles. The van der Waals surface area contributed by atoms with Crippen molar-refractivity contribution < 1.29 is 19.4 Å². The molecule has 4 nitrogen and oxygen atoms in total. The first-order valence-electron chi connectivity index (χ1n) is 9.88. The Labute approximate surface area is 156 Å². The molecule has 4 heteroatoms. The Morgan fingerprint density at radius 1 is 1.00 bits per heavy atom. The first kappa shape index (κ1) is 20.2. The molecule has 0 aliphatic carbocycles. The van der Waals surface area contributed by atoms with E-state index in [1.165, 1.54) is 57.8 Å². The monoisotopic (exact) mass is 358 g/mol. The fraction of sp³-hybridized carbons (Fsp3) is 0.591. The molecule has 0 fully saturated rings. The van der Waals surface area contributed by atoms with E-state index in [4.69, 9.17) is 9.47 Å². The molecule has 142 valence electrons. The fourth-order valence-electron chi connectivity index (χ4n) is 3.15. The topological polar surface area (TPSA) is 55.8 Å². The van der Waals surface area contributed by atoms with E-state index < -0.39 is 5.97 Å². The number of ether oxygens (including phenoxy) is 2. The van der Waals surface area contributed by atoms with E-state index in [2.05, 4.69) is 18.8 Å². The summed E-state index contributed by atoms with van der Waals surface area (Å²) in [7, 11) is 0. The molecule has 1 aromatic rings. The zero-order valence-corrected chi connectivity index (χ0v) is 15.8. The molecule has 2 rings (SSSR count). The van der Waals surface area contributed by atoms with Gasteiger partial charge in [0.05, 0.1) is 0 Å². The van der Waals surface area contributed by atoms with Crippen molar-refractivity contribution in [2.45, 2.75) is 77.6 Å². The highest BCUT2D eigenvalue weighted by Crippen LogP contribution is 2.37. The number of fused-ring (bicyclic) bond motifs is 1. The van der Waals surface area contributed by atoms with Gasteiger partial charge in [0, 0.05) is 12.0 Å². The van der Waals surface area contributed by atoms with Crippen LogP contribution in [0.3, 0.4) is 0 Å². The van der Waals surface area contributed by atoms with Crippen LogP contribution < -0.4 is 9.47 Å². The van der Waals surface area contributed by atoms with E-state index >= 15 is 0 Å². The third-order valence-corrected chi connectivity index (χ3v) is 4.63. The molecule has 1 N–H and O–H groups in total. The quantitative estimate of drug-likeness (QED) is 0.403. The van der Waals surface area contributed by atoms with Gasteiger partial charge in [-0.05, 0) is 18.6 Å². The average Bonchev–Trinajstić information content (AvgIpc) is 3.10. The van der Waals surface area contributed by atoms with Gasteiger partial charge in [-0.2, -0.15) is 0 Å². The zero-order chi connectivity index (χ0) is 18.6. The van der Waals surface area contributed by atoms with Gasteiger partial charge in [0.25, 0.3) is 0 Å². The van der Waals surface area contributed by atoms with Crippen LogP contribution in [0.25, 0.3) is 0 Å². The van der Waals surface area contributed by atoms with E-state index in [0.717, 1.165) is 12.8 Å². The van der Waals surface area contributed by atoms with Crippen molar-refractivity contribution in [1.29, 1.82) is 0 Å². The highest BCUT2D eigenvalue weighted by Gasteiger charge is 2.24. The maximum Gasteiger partial charge on any atom is 0.340 e.